The van der Waals surface area contributed by atoms with E-state index in [-0.39, 0.29) is 36.2 Å². The summed E-state index contributed by atoms with van der Waals surface area (Å²) in [7, 11) is 1.60. The summed E-state index contributed by atoms with van der Waals surface area (Å²) in [4.78, 5) is 25.1. The normalized spacial score (nSPS) is 32.9. The Balaban J connectivity index is 1.74. The molecular formula is C26H40N2O6. The number of rotatable bonds is 8. The Morgan fingerprint density at radius 3 is 2.56 bits per heavy atom. The molecule has 34 heavy (non-hydrogen) atoms. The van der Waals surface area contributed by atoms with Crippen molar-refractivity contribution in [3.05, 3.63) is 29.8 Å². The Hall–Kier alpha value is -2.32. The van der Waals surface area contributed by atoms with Gasteiger partial charge in [-0.2, -0.15) is 0 Å². The number of para-hydroxylation sites is 1. The van der Waals surface area contributed by atoms with Crippen molar-refractivity contribution >= 4 is 12.0 Å². The van der Waals surface area contributed by atoms with Crippen LogP contribution < -0.4 is 15.4 Å². The molecule has 4 N–H and O–H groups in total. The average molecular weight is 477 g/mol. The van der Waals surface area contributed by atoms with Crippen LogP contribution in [0.25, 0.3) is 0 Å². The van der Waals surface area contributed by atoms with Gasteiger partial charge in [-0.3, -0.25) is 4.79 Å². The molecule has 0 aliphatic heterocycles. The van der Waals surface area contributed by atoms with Gasteiger partial charge in [0.15, 0.2) is 0 Å². The van der Waals surface area contributed by atoms with E-state index in [0.29, 0.717) is 38.8 Å². The minimum absolute atomic E-state index is 0.00796. The molecule has 8 nitrogen and oxygen atoms in total. The monoisotopic (exact) mass is 476 g/mol. The van der Waals surface area contributed by atoms with Crippen LogP contribution in [0.2, 0.25) is 0 Å². The minimum atomic E-state index is -0.648. The predicted molar refractivity (Wildman–Crippen MR) is 128 cm³/mol. The molecule has 1 aromatic rings. The molecule has 3 rings (SSSR count). The third-order valence-electron chi connectivity index (χ3n) is 8.32. The summed E-state index contributed by atoms with van der Waals surface area (Å²) in [5, 5.41) is 27.1. The van der Waals surface area contributed by atoms with Gasteiger partial charge in [0.1, 0.15) is 11.9 Å². The van der Waals surface area contributed by atoms with E-state index >= 15 is 0 Å². The fraction of sp³-hybridized carbons (Fsp3) is 0.692. The summed E-state index contributed by atoms with van der Waals surface area (Å²) < 4.78 is 11.1. The van der Waals surface area contributed by atoms with E-state index in [9.17, 15) is 19.8 Å². The van der Waals surface area contributed by atoms with Gasteiger partial charge >= 0.3 is 6.09 Å². The molecule has 6 atom stereocenters. The SMILES string of the molecule is CCNC(=O)O[C@@H]1CC[C@]2(C)[C@H](CC[C@@H](O)[C@H]2CC(=O)NCc2ccccc2OC)[C@]1(C)CO. The Labute approximate surface area is 202 Å². The molecule has 190 valence electrons. The second kappa shape index (κ2) is 11.0. The van der Waals surface area contributed by atoms with Crippen molar-refractivity contribution in [1.29, 1.82) is 0 Å². The standard InChI is InChI=1S/C26H40N2O6/c1-5-27-24(32)34-22-12-13-25(2)18(19(30)10-11-21(25)26(22,3)16-29)14-23(31)28-15-17-8-6-7-9-20(17)33-4/h6-9,18-19,21-22,29-30H,5,10-16H2,1-4H3,(H,27,32)(H,28,31)/t18-,19-,21+,22-,25+,26+/m1/s1. The first kappa shape index (κ1) is 26.3. The van der Waals surface area contributed by atoms with Crippen LogP contribution in [-0.2, 0) is 16.1 Å². The number of carbonyl (C=O) groups excluding carboxylic acids is 2. The van der Waals surface area contributed by atoms with Crippen molar-refractivity contribution in [2.75, 3.05) is 20.3 Å². The molecule has 0 radical (unpaired) electrons. The Bertz CT molecular complexity index is 863. The number of amides is 2. The van der Waals surface area contributed by atoms with Gasteiger partial charge in [0, 0.05) is 30.5 Å². The van der Waals surface area contributed by atoms with Gasteiger partial charge in [0.2, 0.25) is 5.91 Å². The highest BCUT2D eigenvalue weighted by atomic mass is 16.6. The lowest BCUT2D eigenvalue weighted by molar-refractivity contribution is -0.185. The van der Waals surface area contributed by atoms with Crippen LogP contribution in [0.3, 0.4) is 0 Å². The lowest BCUT2D eigenvalue weighted by Gasteiger charge is -2.60. The summed E-state index contributed by atoms with van der Waals surface area (Å²) in [6.07, 6.45) is 1.26. The number of benzene rings is 1. The van der Waals surface area contributed by atoms with Crippen LogP contribution in [0.4, 0.5) is 4.79 Å². The van der Waals surface area contributed by atoms with Crippen molar-refractivity contribution in [2.45, 2.75) is 71.6 Å². The van der Waals surface area contributed by atoms with Crippen molar-refractivity contribution in [3.8, 4) is 5.75 Å². The molecule has 2 amide bonds. The van der Waals surface area contributed by atoms with Gasteiger partial charge in [-0.25, -0.2) is 4.79 Å². The summed E-state index contributed by atoms with van der Waals surface area (Å²) in [5.41, 5.74) is -0.120. The first-order chi connectivity index (χ1) is 16.2. The maximum atomic E-state index is 13.0. The molecule has 8 heteroatoms. The number of hydrogen-bond acceptors (Lipinski definition) is 6. The van der Waals surface area contributed by atoms with E-state index in [4.69, 9.17) is 9.47 Å². The highest BCUT2D eigenvalue weighted by Gasteiger charge is 2.60. The molecule has 2 saturated carbocycles. The molecule has 2 aliphatic rings. The zero-order valence-electron chi connectivity index (χ0n) is 20.8. The zero-order valence-corrected chi connectivity index (χ0v) is 20.8. The van der Waals surface area contributed by atoms with E-state index < -0.39 is 23.7 Å². The molecule has 0 heterocycles. The summed E-state index contributed by atoms with van der Waals surface area (Å²) in [6.45, 7) is 6.62. The van der Waals surface area contributed by atoms with Gasteiger partial charge in [0.05, 0.1) is 19.8 Å². The second-order valence-electron chi connectivity index (χ2n) is 10.2. The number of hydrogen-bond donors (Lipinski definition) is 4. The number of fused-ring (bicyclic) bond motifs is 1. The molecular weight excluding hydrogens is 436 g/mol. The molecule has 0 bridgehead atoms. The van der Waals surface area contributed by atoms with Crippen molar-refractivity contribution in [1.82, 2.24) is 10.6 Å². The van der Waals surface area contributed by atoms with Gasteiger partial charge in [-0.15, -0.1) is 0 Å². The van der Waals surface area contributed by atoms with E-state index in [1.54, 1.807) is 7.11 Å². The smallest absolute Gasteiger partial charge is 0.407 e. The molecule has 2 aliphatic carbocycles. The highest BCUT2D eigenvalue weighted by molar-refractivity contribution is 5.76. The largest absolute Gasteiger partial charge is 0.496 e. The van der Waals surface area contributed by atoms with Crippen molar-refractivity contribution < 1.29 is 29.3 Å². The molecule has 0 saturated heterocycles. The molecule has 0 aromatic heterocycles. The first-order valence-corrected chi connectivity index (χ1v) is 12.3. The van der Waals surface area contributed by atoms with Crippen molar-refractivity contribution in [2.24, 2.45) is 22.7 Å². The molecule has 1 aromatic carbocycles. The van der Waals surface area contributed by atoms with E-state index in [2.05, 4.69) is 17.6 Å². The van der Waals surface area contributed by atoms with Crippen LogP contribution in [0.15, 0.2) is 24.3 Å². The Morgan fingerprint density at radius 1 is 1.15 bits per heavy atom. The third kappa shape index (κ3) is 5.18. The van der Waals surface area contributed by atoms with E-state index in [1.807, 2.05) is 38.1 Å². The summed E-state index contributed by atoms with van der Waals surface area (Å²) >= 11 is 0. The maximum Gasteiger partial charge on any atom is 0.407 e. The first-order valence-electron chi connectivity index (χ1n) is 12.3. The van der Waals surface area contributed by atoms with Gasteiger partial charge in [-0.1, -0.05) is 32.0 Å². The van der Waals surface area contributed by atoms with Crippen LogP contribution in [-0.4, -0.2) is 54.7 Å². The lowest BCUT2D eigenvalue weighted by Crippen LogP contribution is -2.61. The van der Waals surface area contributed by atoms with Gasteiger partial charge < -0.3 is 30.3 Å². The minimum Gasteiger partial charge on any atom is -0.496 e. The van der Waals surface area contributed by atoms with Crippen molar-refractivity contribution in [3.63, 3.8) is 0 Å². The molecule has 2 fully saturated rings. The highest BCUT2D eigenvalue weighted by Crippen LogP contribution is 2.61. The number of methoxy groups -OCH3 is 1. The lowest BCUT2D eigenvalue weighted by atomic mass is 9.46. The van der Waals surface area contributed by atoms with Crippen LogP contribution >= 0.6 is 0 Å². The molecule has 0 unspecified atom stereocenters. The van der Waals surface area contributed by atoms with Crippen LogP contribution in [0.1, 0.15) is 58.4 Å². The number of alkyl carbamates (subject to hydrolysis) is 1. The topological polar surface area (TPSA) is 117 Å². The van der Waals surface area contributed by atoms with E-state index in [1.165, 1.54) is 0 Å². The van der Waals surface area contributed by atoms with Crippen LogP contribution in [0.5, 0.6) is 5.75 Å². The van der Waals surface area contributed by atoms with E-state index in [0.717, 1.165) is 11.3 Å². The maximum absolute atomic E-state index is 13.0. The van der Waals surface area contributed by atoms with Gasteiger partial charge in [-0.05, 0) is 55.9 Å². The average Bonchev–Trinajstić information content (AvgIpc) is 2.82. The Kier molecular flexibility index (Phi) is 8.47. The number of carbonyl (C=O) groups is 2. The zero-order chi connectivity index (χ0) is 24.9. The summed E-state index contributed by atoms with van der Waals surface area (Å²) in [6, 6.07) is 7.55. The number of ether oxygens (including phenoxy) is 2. The fourth-order valence-corrected chi connectivity index (χ4v) is 6.41. The molecule has 0 spiro atoms. The number of nitrogens with one attached hydrogen (secondary N) is 2. The summed E-state index contributed by atoms with van der Waals surface area (Å²) in [5.74, 6) is 0.355. The predicted octanol–water partition coefficient (Wildman–Crippen LogP) is 3.00. The number of aliphatic hydroxyl groups is 2. The Morgan fingerprint density at radius 2 is 1.88 bits per heavy atom. The van der Waals surface area contributed by atoms with Gasteiger partial charge in [0.25, 0.3) is 0 Å². The third-order valence-corrected chi connectivity index (χ3v) is 8.32. The second-order valence-corrected chi connectivity index (χ2v) is 10.2. The van der Waals surface area contributed by atoms with Crippen LogP contribution in [0, 0.1) is 22.7 Å². The fourth-order valence-electron chi connectivity index (χ4n) is 6.41. The number of aliphatic hydroxyl groups excluding tert-OH is 2. The quantitative estimate of drug-likeness (QED) is 0.458.